The summed E-state index contributed by atoms with van der Waals surface area (Å²) in [6.07, 6.45) is 7.50. The van der Waals surface area contributed by atoms with Crippen molar-refractivity contribution >= 4 is 6.21 Å². The summed E-state index contributed by atoms with van der Waals surface area (Å²) in [5.74, 6) is -0.412. The second-order valence-electron chi connectivity index (χ2n) is 4.94. The van der Waals surface area contributed by atoms with Crippen molar-refractivity contribution in [3.8, 4) is 0 Å². The van der Waals surface area contributed by atoms with Crippen molar-refractivity contribution in [3.63, 3.8) is 0 Å². The van der Waals surface area contributed by atoms with Gasteiger partial charge in [0.15, 0.2) is 6.29 Å². The Morgan fingerprint density at radius 1 is 1.58 bits per heavy atom. The Hall–Kier alpha value is -1.47. The van der Waals surface area contributed by atoms with Crippen LogP contribution in [0, 0.1) is 10.1 Å². The Kier molecular flexibility index (Phi) is 4.49. The number of hydrogen-bond acceptors (Lipinski definition) is 6. The zero-order chi connectivity index (χ0) is 13.7. The van der Waals surface area contributed by atoms with E-state index in [1.54, 1.807) is 0 Å². The lowest BCUT2D eigenvalue weighted by Gasteiger charge is -2.27. The molecule has 106 valence electrons. The van der Waals surface area contributed by atoms with Gasteiger partial charge in [0, 0.05) is 18.9 Å². The Bertz CT molecular complexity index is 384. The molecule has 1 unspecified atom stereocenters. The molecule has 2 N–H and O–H groups in total. The molecule has 0 aromatic rings. The van der Waals surface area contributed by atoms with Crippen molar-refractivity contribution in [1.82, 2.24) is 0 Å². The predicted octanol–water partition coefficient (Wildman–Crippen LogP) is 1.21. The maximum absolute atomic E-state index is 10.3. The van der Waals surface area contributed by atoms with E-state index >= 15 is 0 Å². The van der Waals surface area contributed by atoms with Crippen molar-refractivity contribution in [1.29, 1.82) is 0 Å². The van der Waals surface area contributed by atoms with E-state index in [2.05, 4.69) is 4.99 Å². The molecule has 2 rings (SSSR count). The fourth-order valence-electron chi connectivity index (χ4n) is 1.94. The van der Waals surface area contributed by atoms with Crippen LogP contribution in [0.4, 0.5) is 0 Å². The summed E-state index contributed by atoms with van der Waals surface area (Å²) in [4.78, 5) is 13.8. The standard InChI is InChI=1S/C12H19N3O4/c13-10(15(16)17)4-7-14-9-12(5-6-12)19-11-3-1-2-8-18-11/h4,7,11H,1-3,5-6,8-9,13H2. The minimum Gasteiger partial charge on any atom is -0.358 e. The molecule has 2 fully saturated rings. The minimum absolute atomic E-state index is 0.120. The molecule has 1 heterocycles. The van der Waals surface area contributed by atoms with Crippen LogP contribution in [-0.2, 0) is 9.47 Å². The van der Waals surface area contributed by atoms with Crippen molar-refractivity contribution in [2.75, 3.05) is 13.2 Å². The molecule has 0 spiro atoms. The van der Waals surface area contributed by atoms with Gasteiger partial charge in [0.2, 0.25) is 0 Å². The van der Waals surface area contributed by atoms with Crippen molar-refractivity contribution in [3.05, 3.63) is 22.0 Å². The molecule has 0 amide bonds. The number of ether oxygens (including phenoxy) is 2. The molecular weight excluding hydrogens is 250 g/mol. The average molecular weight is 269 g/mol. The predicted molar refractivity (Wildman–Crippen MR) is 69.3 cm³/mol. The van der Waals surface area contributed by atoms with Gasteiger partial charge in [-0.15, -0.1) is 0 Å². The summed E-state index contributed by atoms with van der Waals surface area (Å²) in [6.45, 7) is 1.25. The highest BCUT2D eigenvalue weighted by Gasteiger charge is 2.46. The van der Waals surface area contributed by atoms with Gasteiger partial charge in [-0.2, -0.15) is 0 Å². The lowest BCUT2D eigenvalue weighted by molar-refractivity contribution is -0.426. The fourth-order valence-corrected chi connectivity index (χ4v) is 1.94. The van der Waals surface area contributed by atoms with Crippen molar-refractivity contribution in [2.45, 2.75) is 44.0 Å². The highest BCUT2D eigenvalue weighted by Crippen LogP contribution is 2.41. The molecule has 1 atom stereocenters. The van der Waals surface area contributed by atoms with Crippen LogP contribution < -0.4 is 5.73 Å². The zero-order valence-electron chi connectivity index (χ0n) is 10.8. The Balaban J connectivity index is 1.77. The highest BCUT2D eigenvalue weighted by atomic mass is 16.7. The van der Waals surface area contributed by atoms with E-state index in [-0.39, 0.29) is 11.9 Å². The zero-order valence-corrected chi connectivity index (χ0v) is 10.8. The van der Waals surface area contributed by atoms with Crippen molar-refractivity contribution in [2.24, 2.45) is 10.7 Å². The third kappa shape index (κ3) is 4.29. The molecule has 1 aliphatic heterocycles. The average Bonchev–Trinajstić information content (AvgIpc) is 3.15. The van der Waals surface area contributed by atoms with Gasteiger partial charge in [-0.05, 0) is 37.0 Å². The normalized spacial score (nSPS) is 26.5. The van der Waals surface area contributed by atoms with Gasteiger partial charge in [0.05, 0.1) is 12.1 Å². The first kappa shape index (κ1) is 14.0. The summed E-state index contributed by atoms with van der Waals surface area (Å²) in [5, 5.41) is 10.3. The molecule has 1 saturated carbocycles. The van der Waals surface area contributed by atoms with E-state index in [0.29, 0.717) is 6.54 Å². The van der Waals surface area contributed by atoms with Gasteiger partial charge in [0.1, 0.15) is 0 Å². The van der Waals surface area contributed by atoms with E-state index in [4.69, 9.17) is 15.2 Å². The van der Waals surface area contributed by atoms with Gasteiger partial charge in [0.25, 0.3) is 0 Å². The quantitative estimate of drug-likeness (QED) is 0.444. The van der Waals surface area contributed by atoms with Gasteiger partial charge >= 0.3 is 5.82 Å². The molecule has 0 aromatic heterocycles. The molecule has 19 heavy (non-hydrogen) atoms. The smallest absolute Gasteiger partial charge is 0.315 e. The Labute approximate surface area is 111 Å². The van der Waals surface area contributed by atoms with Crippen LogP contribution in [0.15, 0.2) is 16.9 Å². The molecule has 0 radical (unpaired) electrons. The summed E-state index contributed by atoms with van der Waals surface area (Å²) in [5.41, 5.74) is 4.92. The van der Waals surface area contributed by atoms with Crippen LogP contribution in [-0.4, -0.2) is 36.2 Å². The molecule has 1 saturated heterocycles. The number of nitro groups is 1. The number of hydrogen-bond donors (Lipinski definition) is 1. The summed E-state index contributed by atoms with van der Waals surface area (Å²) >= 11 is 0. The van der Waals surface area contributed by atoms with E-state index in [0.717, 1.165) is 38.7 Å². The summed E-state index contributed by atoms with van der Waals surface area (Å²) < 4.78 is 11.5. The minimum atomic E-state index is -0.648. The van der Waals surface area contributed by atoms with Crippen LogP contribution in [0.1, 0.15) is 32.1 Å². The summed E-state index contributed by atoms with van der Waals surface area (Å²) in [6, 6.07) is 0. The van der Waals surface area contributed by atoms with E-state index in [1.807, 2.05) is 0 Å². The van der Waals surface area contributed by atoms with Crippen LogP contribution >= 0.6 is 0 Å². The molecule has 2 aliphatic rings. The SMILES string of the molecule is NC(=CC=NCC1(OC2CCCCO2)CC1)[N+](=O)[O-]. The monoisotopic (exact) mass is 269 g/mol. The van der Waals surface area contributed by atoms with Gasteiger partial charge in [-0.25, -0.2) is 0 Å². The third-order valence-corrected chi connectivity index (χ3v) is 3.27. The van der Waals surface area contributed by atoms with Gasteiger partial charge in [-0.1, -0.05) is 0 Å². The number of nitrogens with two attached hydrogens (primary N) is 1. The fraction of sp³-hybridized carbons (Fsp3) is 0.750. The summed E-state index contributed by atoms with van der Waals surface area (Å²) in [7, 11) is 0. The second kappa shape index (κ2) is 6.12. The third-order valence-electron chi connectivity index (χ3n) is 3.27. The number of allylic oxidation sites excluding steroid dienone is 1. The lowest BCUT2D eigenvalue weighted by Crippen LogP contribution is -2.30. The Morgan fingerprint density at radius 2 is 2.37 bits per heavy atom. The van der Waals surface area contributed by atoms with Crippen LogP contribution in [0.25, 0.3) is 0 Å². The topological polar surface area (TPSA) is 100.0 Å². The van der Waals surface area contributed by atoms with E-state index in [9.17, 15) is 10.1 Å². The van der Waals surface area contributed by atoms with Crippen molar-refractivity contribution < 1.29 is 14.4 Å². The molecule has 0 aromatic carbocycles. The maximum Gasteiger partial charge on any atom is 0.315 e. The first-order valence-electron chi connectivity index (χ1n) is 6.51. The van der Waals surface area contributed by atoms with E-state index in [1.165, 1.54) is 12.3 Å². The molecule has 7 heteroatoms. The first-order valence-corrected chi connectivity index (χ1v) is 6.51. The van der Waals surface area contributed by atoms with Gasteiger partial charge < -0.3 is 19.6 Å². The Morgan fingerprint density at radius 3 is 2.95 bits per heavy atom. The molecule has 7 nitrogen and oxygen atoms in total. The number of nitrogens with zero attached hydrogens (tertiary/aromatic N) is 2. The molecule has 0 bridgehead atoms. The maximum atomic E-state index is 10.3. The largest absolute Gasteiger partial charge is 0.358 e. The van der Waals surface area contributed by atoms with Crippen LogP contribution in [0.2, 0.25) is 0 Å². The number of rotatable bonds is 6. The first-order chi connectivity index (χ1) is 9.11. The second-order valence-corrected chi connectivity index (χ2v) is 4.94. The lowest BCUT2D eigenvalue weighted by atomic mass is 10.2. The highest BCUT2D eigenvalue weighted by molar-refractivity contribution is 5.71. The van der Waals surface area contributed by atoms with Gasteiger partial charge in [-0.3, -0.25) is 10.7 Å². The molecular formula is C12H19N3O4. The number of aliphatic imine (C=N–C) groups is 1. The van der Waals surface area contributed by atoms with Crippen LogP contribution in [0.3, 0.4) is 0 Å². The van der Waals surface area contributed by atoms with Crippen LogP contribution in [0.5, 0.6) is 0 Å². The van der Waals surface area contributed by atoms with E-state index < -0.39 is 10.7 Å². The molecule has 1 aliphatic carbocycles.